The fourth-order valence-corrected chi connectivity index (χ4v) is 1.37. The summed E-state index contributed by atoms with van der Waals surface area (Å²) in [6.07, 6.45) is 0.572. The molecule has 0 heterocycles. The molecule has 82 valence electrons. The van der Waals surface area contributed by atoms with Gasteiger partial charge in [0.25, 0.3) is 0 Å². The number of nitrogens with one attached hydrogen (secondary N) is 1. The quantitative estimate of drug-likeness (QED) is 0.797. The maximum absolute atomic E-state index is 10.8. The summed E-state index contributed by atoms with van der Waals surface area (Å²) >= 11 is 0. The first-order valence-electron chi connectivity index (χ1n) is 5.11. The molecule has 0 aliphatic rings. The standard InChI is InChI=1S/C12H17NO2/c1-4-11(12(14)15)13-10-6-5-8(2)9(3)7-10/h5-7,11,13H,4H2,1-3H3,(H,14,15)/t11-/m0/s1. The second kappa shape index (κ2) is 4.82. The van der Waals surface area contributed by atoms with Crippen LogP contribution < -0.4 is 5.32 Å². The molecule has 1 rings (SSSR count). The summed E-state index contributed by atoms with van der Waals surface area (Å²) in [4.78, 5) is 10.8. The molecule has 0 saturated heterocycles. The first kappa shape index (κ1) is 11.6. The summed E-state index contributed by atoms with van der Waals surface area (Å²) in [6.45, 7) is 5.91. The molecule has 0 unspecified atom stereocenters. The summed E-state index contributed by atoms with van der Waals surface area (Å²) in [5.41, 5.74) is 3.25. The largest absolute Gasteiger partial charge is 0.480 e. The maximum Gasteiger partial charge on any atom is 0.326 e. The van der Waals surface area contributed by atoms with Gasteiger partial charge in [0.1, 0.15) is 6.04 Å². The minimum atomic E-state index is -0.810. The molecule has 1 aromatic rings. The van der Waals surface area contributed by atoms with E-state index in [0.717, 1.165) is 5.69 Å². The monoisotopic (exact) mass is 207 g/mol. The Morgan fingerprint density at radius 1 is 1.40 bits per heavy atom. The van der Waals surface area contributed by atoms with E-state index < -0.39 is 12.0 Å². The van der Waals surface area contributed by atoms with Crippen LogP contribution in [0.2, 0.25) is 0 Å². The Morgan fingerprint density at radius 2 is 2.07 bits per heavy atom. The number of rotatable bonds is 4. The van der Waals surface area contributed by atoms with Gasteiger partial charge in [0.15, 0.2) is 0 Å². The normalized spacial score (nSPS) is 12.2. The van der Waals surface area contributed by atoms with Crippen LogP contribution in [0.4, 0.5) is 5.69 Å². The van der Waals surface area contributed by atoms with Gasteiger partial charge in [0.05, 0.1) is 0 Å². The molecule has 0 aromatic heterocycles. The Balaban J connectivity index is 2.80. The number of aliphatic carboxylic acids is 1. The summed E-state index contributed by atoms with van der Waals surface area (Å²) in [5, 5.41) is 11.9. The molecule has 0 saturated carbocycles. The molecule has 0 radical (unpaired) electrons. The van der Waals surface area contributed by atoms with Crippen molar-refractivity contribution in [1.29, 1.82) is 0 Å². The van der Waals surface area contributed by atoms with E-state index in [1.807, 2.05) is 39.0 Å². The fourth-order valence-electron chi connectivity index (χ4n) is 1.37. The number of hydrogen-bond donors (Lipinski definition) is 2. The van der Waals surface area contributed by atoms with Crippen LogP contribution in [-0.2, 0) is 4.79 Å². The maximum atomic E-state index is 10.8. The van der Waals surface area contributed by atoms with Crippen LogP contribution in [0.3, 0.4) is 0 Å². The first-order valence-corrected chi connectivity index (χ1v) is 5.11. The minimum absolute atomic E-state index is 0.507. The topological polar surface area (TPSA) is 49.3 Å². The van der Waals surface area contributed by atoms with Crippen molar-refractivity contribution in [3.63, 3.8) is 0 Å². The lowest BCUT2D eigenvalue weighted by atomic mass is 10.1. The Kier molecular flexibility index (Phi) is 3.72. The van der Waals surface area contributed by atoms with E-state index in [1.54, 1.807) is 0 Å². The third-order valence-corrected chi connectivity index (χ3v) is 2.55. The van der Waals surface area contributed by atoms with Crippen molar-refractivity contribution in [1.82, 2.24) is 0 Å². The van der Waals surface area contributed by atoms with Crippen molar-refractivity contribution in [2.24, 2.45) is 0 Å². The zero-order chi connectivity index (χ0) is 11.4. The van der Waals surface area contributed by atoms with Crippen molar-refractivity contribution in [3.8, 4) is 0 Å². The summed E-state index contributed by atoms with van der Waals surface area (Å²) < 4.78 is 0. The highest BCUT2D eigenvalue weighted by Gasteiger charge is 2.14. The molecule has 2 N–H and O–H groups in total. The number of benzene rings is 1. The van der Waals surface area contributed by atoms with Crippen LogP contribution in [0.5, 0.6) is 0 Å². The van der Waals surface area contributed by atoms with Crippen molar-refractivity contribution in [2.45, 2.75) is 33.2 Å². The van der Waals surface area contributed by atoms with Crippen molar-refractivity contribution in [2.75, 3.05) is 5.32 Å². The summed E-state index contributed by atoms with van der Waals surface area (Å²) in [7, 11) is 0. The fraction of sp³-hybridized carbons (Fsp3) is 0.417. The highest BCUT2D eigenvalue weighted by molar-refractivity contribution is 5.77. The van der Waals surface area contributed by atoms with E-state index in [9.17, 15) is 4.79 Å². The number of carboxylic acid groups (broad SMARTS) is 1. The average molecular weight is 207 g/mol. The molecule has 0 spiro atoms. The van der Waals surface area contributed by atoms with Gasteiger partial charge in [0, 0.05) is 5.69 Å². The highest BCUT2D eigenvalue weighted by Crippen LogP contribution is 2.15. The van der Waals surface area contributed by atoms with Crippen LogP contribution >= 0.6 is 0 Å². The molecule has 0 fully saturated rings. The number of anilines is 1. The van der Waals surface area contributed by atoms with Gasteiger partial charge in [-0.1, -0.05) is 13.0 Å². The van der Waals surface area contributed by atoms with Crippen LogP contribution in [-0.4, -0.2) is 17.1 Å². The number of aryl methyl sites for hydroxylation is 2. The molecular formula is C12H17NO2. The van der Waals surface area contributed by atoms with E-state index in [1.165, 1.54) is 11.1 Å². The Bertz CT molecular complexity index is 361. The third kappa shape index (κ3) is 2.98. The molecule has 15 heavy (non-hydrogen) atoms. The van der Waals surface area contributed by atoms with Gasteiger partial charge < -0.3 is 10.4 Å². The first-order chi connectivity index (χ1) is 7.04. The molecule has 1 atom stereocenters. The highest BCUT2D eigenvalue weighted by atomic mass is 16.4. The lowest BCUT2D eigenvalue weighted by Gasteiger charge is -2.14. The van der Waals surface area contributed by atoms with E-state index in [2.05, 4.69) is 5.32 Å². The molecule has 0 aliphatic carbocycles. The molecule has 3 heteroatoms. The second-order valence-electron chi connectivity index (χ2n) is 3.74. The number of carboxylic acids is 1. The summed E-state index contributed by atoms with van der Waals surface area (Å²) in [6, 6.07) is 5.37. The molecule has 1 aromatic carbocycles. The van der Waals surface area contributed by atoms with E-state index in [4.69, 9.17) is 5.11 Å². The van der Waals surface area contributed by atoms with Gasteiger partial charge in [0.2, 0.25) is 0 Å². The lowest BCUT2D eigenvalue weighted by molar-refractivity contribution is -0.137. The van der Waals surface area contributed by atoms with Gasteiger partial charge in [-0.15, -0.1) is 0 Å². The smallest absolute Gasteiger partial charge is 0.326 e. The third-order valence-electron chi connectivity index (χ3n) is 2.55. The Hall–Kier alpha value is -1.51. The SMILES string of the molecule is CC[C@H](Nc1ccc(C)c(C)c1)C(=O)O. The average Bonchev–Trinajstić information content (AvgIpc) is 2.19. The van der Waals surface area contributed by atoms with Gasteiger partial charge >= 0.3 is 5.97 Å². The van der Waals surface area contributed by atoms with Crippen LogP contribution in [0.25, 0.3) is 0 Å². The van der Waals surface area contributed by atoms with Gasteiger partial charge in [-0.2, -0.15) is 0 Å². The van der Waals surface area contributed by atoms with Crippen molar-refractivity contribution >= 4 is 11.7 Å². The minimum Gasteiger partial charge on any atom is -0.480 e. The predicted molar refractivity (Wildman–Crippen MR) is 61.3 cm³/mol. The molecule has 3 nitrogen and oxygen atoms in total. The van der Waals surface area contributed by atoms with Gasteiger partial charge in [-0.25, -0.2) is 4.79 Å². The second-order valence-corrected chi connectivity index (χ2v) is 3.74. The van der Waals surface area contributed by atoms with Gasteiger partial charge in [-0.3, -0.25) is 0 Å². The Labute approximate surface area is 90.1 Å². The summed E-state index contributed by atoms with van der Waals surface area (Å²) in [5.74, 6) is -0.810. The Morgan fingerprint density at radius 3 is 2.53 bits per heavy atom. The van der Waals surface area contributed by atoms with Crippen LogP contribution in [0, 0.1) is 13.8 Å². The van der Waals surface area contributed by atoms with E-state index in [0.29, 0.717) is 6.42 Å². The number of carbonyl (C=O) groups is 1. The van der Waals surface area contributed by atoms with Crippen molar-refractivity contribution in [3.05, 3.63) is 29.3 Å². The lowest BCUT2D eigenvalue weighted by Crippen LogP contribution is -2.28. The zero-order valence-corrected chi connectivity index (χ0v) is 9.37. The van der Waals surface area contributed by atoms with E-state index >= 15 is 0 Å². The zero-order valence-electron chi connectivity index (χ0n) is 9.37. The molecule has 0 aliphatic heterocycles. The molecule has 0 amide bonds. The predicted octanol–water partition coefficient (Wildman–Crippen LogP) is 2.58. The van der Waals surface area contributed by atoms with Crippen molar-refractivity contribution < 1.29 is 9.90 Å². The van der Waals surface area contributed by atoms with E-state index in [-0.39, 0.29) is 0 Å². The van der Waals surface area contributed by atoms with Crippen LogP contribution in [0.1, 0.15) is 24.5 Å². The van der Waals surface area contributed by atoms with Gasteiger partial charge in [-0.05, 0) is 43.5 Å². The van der Waals surface area contributed by atoms with Crippen LogP contribution in [0.15, 0.2) is 18.2 Å². The molecular weight excluding hydrogens is 190 g/mol. The molecule has 0 bridgehead atoms. The number of hydrogen-bond acceptors (Lipinski definition) is 2.